The molecule has 1 atom stereocenters. The molecule has 188 valence electrons. The van der Waals surface area contributed by atoms with Gasteiger partial charge in [0, 0.05) is 23.7 Å². The van der Waals surface area contributed by atoms with Gasteiger partial charge in [-0.1, -0.05) is 23.2 Å². The summed E-state index contributed by atoms with van der Waals surface area (Å²) in [6.07, 6.45) is 2.91. The molecule has 0 radical (unpaired) electrons. The summed E-state index contributed by atoms with van der Waals surface area (Å²) in [4.78, 5) is 25.1. The Balaban J connectivity index is 1.28. The molecule has 3 aliphatic rings. The smallest absolute Gasteiger partial charge is 0.258 e. The molecule has 7 nitrogen and oxygen atoms in total. The first-order valence-electron chi connectivity index (χ1n) is 11.1. The van der Waals surface area contributed by atoms with Crippen LogP contribution in [-0.4, -0.2) is 42.1 Å². The lowest BCUT2D eigenvalue weighted by molar-refractivity contribution is -0.131. The normalized spacial score (nSPS) is 25.1. The highest BCUT2D eigenvalue weighted by Crippen LogP contribution is 2.46. The number of nitrogens with two attached hydrogens (primary N) is 1. The number of fused-ring (bicyclic) bond motifs is 3. The maximum Gasteiger partial charge on any atom is 0.258 e. The first kappa shape index (κ1) is 25.5. The van der Waals surface area contributed by atoms with Crippen molar-refractivity contribution in [3.8, 4) is 11.5 Å². The number of carbonyl (C=O) groups excluding carboxylic acids is 2. The van der Waals surface area contributed by atoms with E-state index in [0.717, 1.165) is 12.1 Å². The molecule has 2 aromatic rings. The van der Waals surface area contributed by atoms with Crippen molar-refractivity contribution in [1.29, 1.82) is 0 Å². The zero-order valence-corrected chi connectivity index (χ0v) is 20.2. The van der Waals surface area contributed by atoms with Gasteiger partial charge in [-0.2, -0.15) is 0 Å². The van der Waals surface area contributed by atoms with Crippen LogP contribution in [0.4, 0.5) is 8.78 Å². The third-order valence-corrected chi connectivity index (χ3v) is 7.35. The van der Waals surface area contributed by atoms with Crippen molar-refractivity contribution >= 4 is 35.0 Å². The van der Waals surface area contributed by atoms with Gasteiger partial charge in [0.2, 0.25) is 0 Å². The van der Waals surface area contributed by atoms with Crippen LogP contribution in [0.2, 0.25) is 10.0 Å². The van der Waals surface area contributed by atoms with Crippen LogP contribution >= 0.6 is 23.2 Å². The van der Waals surface area contributed by atoms with Crippen molar-refractivity contribution in [3.63, 3.8) is 0 Å². The average Bonchev–Trinajstić information content (AvgIpc) is 2.82. The van der Waals surface area contributed by atoms with E-state index in [0.29, 0.717) is 32.1 Å². The number of amides is 2. The number of hydrogen-bond donors (Lipinski definition) is 3. The molecule has 2 aromatic carbocycles. The fraction of sp³-hybridized carbons (Fsp3) is 0.417. The van der Waals surface area contributed by atoms with E-state index in [1.54, 1.807) is 0 Å². The third-order valence-electron chi connectivity index (χ3n) is 6.73. The summed E-state index contributed by atoms with van der Waals surface area (Å²) in [5.74, 6) is -1.56. The lowest BCUT2D eigenvalue weighted by Gasteiger charge is -2.57. The maximum absolute atomic E-state index is 13.6. The van der Waals surface area contributed by atoms with Crippen molar-refractivity contribution in [3.05, 3.63) is 58.1 Å². The van der Waals surface area contributed by atoms with Gasteiger partial charge in [-0.25, -0.2) is 8.78 Å². The van der Waals surface area contributed by atoms with Crippen LogP contribution in [-0.2, 0) is 9.59 Å². The topological polar surface area (TPSA) is 103 Å². The summed E-state index contributed by atoms with van der Waals surface area (Å²) >= 11 is 11.3. The number of hydrogen-bond acceptors (Lipinski definition) is 5. The van der Waals surface area contributed by atoms with E-state index in [2.05, 4.69) is 10.6 Å². The Kier molecular flexibility index (Phi) is 7.40. The van der Waals surface area contributed by atoms with Crippen molar-refractivity contribution in [2.24, 2.45) is 5.73 Å². The molecule has 0 aliphatic heterocycles. The lowest BCUT2D eigenvalue weighted by Crippen LogP contribution is -2.72. The first-order chi connectivity index (χ1) is 16.6. The molecule has 5 rings (SSSR count). The quantitative estimate of drug-likeness (QED) is 0.485. The highest BCUT2D eigenvalue weighted by atomic mass is 35.5. The van der Waals surface area contributed by atoms with Crippen LogP contribution in [0, 0.1) is 11.6 Å². The second kappa shape index (κ2) is 10.2. The Morgan fingerprint density at radius 3 is 1.83 bits per heavy atom. The molecule has 1 unspecified atom stereocenters. The zero-order chi connectivity index (χ0) is 25.2. The van der Waals surface area contributed by atoms with E-state index in [9.17, 15) is 18.4 Å². The Morgan fingerprint density at radius 2 is 1.37 bits per heavy atom. The van der Waals surface area contributed by atoms with E-state index in [-0.39, 0.29) is 52.6 Å². The van der Waals surface area contributed by atoms with Crippen LogP contribution < -0.4 is 25.8 Å². The summed E-state index contributed by atoms with van der Waals surface area (Å²) in [5.41, 5.74) is 5.35. The minimum Gasteiger partial charge on any atom is -0.484 e. The van der Waals surface area contributed by atoms with Crippen molar-refractivity contribution in [2.45, 2.75) is 49.2 Å². The highest BCUT2D eigenvalue weighted by molar-refractivity contribution is 6.31. The van der Waals surface area contributed by atoms with Crippen LogP contribution in [0.1, 0.15) is 32.1 Å². The fourth-order valence-electron chi connectivity index (χ4n) is 4.84. The molecule has 3 aliphatic carbocycles. The molecular weight excluding hydrogens is 503 g/mol. The molecule has 2 bridgehead atoms. The number of halogens is 4. The van der Waals surface area contributed by atoms with E-state index in [1.807, 2.05) is 0 Å². The van der Waals surface area contributed by atoms with Gasteiger partial charge in [0.1, 0.15) is 23.1 Å². The summed E-state index contributed by atoms with van der Waals surface area (Å²) in [5, 5.41) is 5.97. The van der Waals surface area contributed by atoms with E-state index >= 15 is 0 Å². The largest absolute Gasteiger partial charge is 0.484 e. The van der Waals surface area contributed by atoms with E-state index in [4.69, 9.17) is 38.4 Å². The van der Waals surface area contributed by atoms with Gasteiger partial charge in [0.15, 0.2) is 13.2 Å². The van der Waals surface area contributed by atoms with E-state index in [1.165, 1.54) is 24.3 Å². The van der Waals surface area contributed by atoms with Crippen molar-refractivity contribution < 1.29 is 27.8 Å². The third kappa shape index (κ3) is 5.79. The second-order valence-electron chi connectivity index (χ2n) is 9.07. The van der Waals surface area contributed by atoms with Gasteiger partial charge in [0.05, 0.1) is 15.6 Å². The fourth-order valence-corrected chi connectivity index (χ4v) is 5.07. The average molecular weight is 528 g/mol. The molecule has 11 heteroatoms. The SMILES string of the molecule is NC1CC2(NC(=O)COc3ccc(Cl)c(F)c3)CCC1(NC(=O)COc1ccc(Cl)c(F)c1)CC2. The number of ether oxygens (including phenoxy) is 2. The van der Waals surface area contributed by atoms with Gasteiger partial charge < -0.3 is 25.8 Å². The van der Waals surface area contributed by atoms with Crippen LogP contribution in [0.5, 0.6) is 11.5 Å². The van der Waals surface area contributed by atoms with E-state index < -0.39 is 22.7 Å². The summed E-state index contributed by atoms with van der Waals surface area (Å²) in [6, 6.07) is 7.53. The van der Waals surface area contributed by atoms with Crippen LogP contribution in [0.3, 0.4) is 0 Å². The second-order valence-corrected chi connectivity index (χ2v) is 9.89. The van der Waals surface area contributed by atoms with Gasteiger partial charge in [-0.15, -0.1) is 0 Å². The summed E-state index contributed by atoms with van der Waals surface area (Å²) in [6.45, 7) is -0.567. The van der Waals surface area contributed by atoms with Gasteiger partial charge >= 0.3 is 0 Å². The molecule has 3 saturated carbocycles. The predicted octanol–water partition coefficient (Wildman–Crippen LogP) is 3.74. The Hall–Kier alpha value is -2.62. The molecule has 0 spiro atoms. The Morgan fingerprint density at radius 1 is 0.886 bits per heavy atom. The summed E-state index contributed by atoms with van der Waals surface area (Å²) in [7, 11) is 0. The summed E-state index contributed by atoms with van der Waals surface area (Å²) < 4.78 is 37.9. The van der Waals surface area contributed by atoms with Crippen molar-refractivity contribution in [1.82, 2.24) is 10.6 Å². The zero-order valence-electron chi connectivity index (χ0n) is 18.7. The van der Waals surface area contributed by atoms with Crippen molar-refractivity contribution in [2.75, 3.05) is 13.2 Å². The highest BCUT2D eigenvalue weighted by Gasteiger charge is 2.54. The molecule has 0 saturated heterocycles. The minimum atomic E-state index is -0.631. The number of benzene rings is 2. The maximum atomic E-state index is 13.6. The van der Waals surface area contributed by atoms with Crippen LogP contribution in [0.25, 0.3) is 0 Å². The number of rotatable bonds is 8. The minimum absolute atomic E-state index is 0.0277. The molecule has 2 amide bonds. The molecule has 0 heterocycles. The Bertz CT molecular complexity index is 1130. The van der Waals surface area contributed by atoms with Crippen LogP contribution in [0.15, 0.2) is 36.4 Å². The molecule has 4 N–H and O–H groups in total. The predicted molar refractivity (Wildman–Crippen MR) is 127 cm³/mol. The molecule has 35 heavy (non-hydrogen) atoms. The Labute approximate surface area is 211 Å². The number of nitrogens with one attached hydrogen (secondary N) is 2. The van der Waals surface area contributed by atoms with Gasteiger partial charge in [-0.3, -0.25) is 9.59 Å². The lowest BCUT2D eigenvalue weighted by atomic mass is 9.59. The number of carbonyl (C=O) groups is 2. The first-order valence-corrected chi connectivity index (χ1v) is 11.9. The standard InChI is InChI=1S/C24H25Cl2F2N3O4/c25-16-3-1-14(9-18(16)27)34-12-21(32)30-23-5-7-24(8-6-23,20(29)11-23)31-22(33)13-35-15-2-4-17(26)19(28)10-15/h1-4,9-10,20H,5-8,11-13,29H2,(H,30,32)(H,31,33). The molecular formula is C24H25Cl2F2N3O4. The molecule has 0 aromatic heterocycles. The monoisotopic (exact) mass is 527 g/mol. The molecule has 3 fully saturated rings. The van der Waals surface area contributed by atoms with Gasteiger partial charge in [0.25, 0.3) is 11.8 Å². The van der Waals surface area contributed by atoms with Gasteiger partial charge in [-0.05, 0) is 56.4 Å².